The Morgan fingerprint density at radius 1 is 1.27 bits per heavy atom. The third kappa shape index (κ3) is 4.20. The average Bonchev–Trinajstić information content (AvgIpc) is 3.25. The van der Waals surface area contributed by atoms with Crippen molar-refractivity contribution < 1.29 is 22.4 Å². The minimum absolute atomic E-state index is 0.00801. The number of rotatable bonds is 5. The molecule has 2 heterocycles. The van der Waals surface area contributed by atoms with Crippen LogP contribution in [-0.2, 0) is 19.3 Å². The topological polar surface area (TPSA) is 85.6 Å². The minimum atomic E-state index is -4.79. The van der Waals surface area contributed by atoms with Gasteiger partial charge in [0.25, 0.3) is 5.91 Å². The Kier molecular flexibility index (Phi) is 4.93. The van der Waals surface area contributed by atoms with E-state index < -0.39 is 23.5 Å². The zero-order valence-corrected chi connectivity index (χ0v) is 13.7. The molecular formula is C14H10F4N6OS. The van der Waals surface area contributed by atoms with Gasteiger partial charge in [0, 0.05) is 5.38 Å². The number of halogens is 4. The van der Waals surface area contributed by atoms with Crippen molar-refractivity contribution in [2.24, 2.45) is 0 Å². The molecule has 26 heavy (non-hydrogen) atoms. The summed E-state index contributed by atoms with van der Waals surface area (Å²) in [5, 5.41) is 15.4. The van der Waals surface area contributed by atoms with E-state index in [1.165, 1.54) is 16.9 Å². The Morgan fingerprint density at radius 3 is 2.77 bits per heavy atom. The fourth-order valence-electron chi connectivity index (χ4n) is 2.08. The van der Waals surface area contributed by atoms with Crippen molar-refractivity contribution in [3.8, 4) is 0 Å². The average molecular weight is 386 g/mol. The Morgan fingerprint density at radius 2 is 2.08 bits per heavy atom. The lowest BCUT2D eigenvalue weighted by Gasteiger charge is -2.09. The summed E-state index contributed by atoms with van der Waals surface area (Å²) < 4.78 is 56.4. The first-order valence-corrected chi connectivity index (χ1v) is 7.96. The number of alkyl halides is 3. The summed E-state index contributed by atoms with van der Waals surface area (Å²) in [5.74, 6) is -1.87. The molecule has 0 spiro atoms. The SMILES string of the molecule is O=C(NCc1csnn1)c1cn(Cc2ccc(F)c(C(F)(F)F)c2)nn1. The van der Waals surface area contributed by atoms with E-state index in [4.69, 9.17) is 0 Å². The molecule has 1 N–H and O–H groups in total. The van der Waals surface area contributed by atoms with Crippen molar-refractivity contribution in [3.05, 3.63) is 58.1 Å². The quantitative estimate of drug-likeness (QED) is 0.680. The van der Waals surface area contributed by atoms with Crippen molar-refractivity contribution in [3.63, 3.8) is 0 Å². The van der Waals surface area contributed by atoms with Gasteiger partial charge >= 0.3 is 6.18 Å². The van der Waals surface area contributed by atoms with Gasteiger partial charge in [-0.3, -0.25) is 4.79 Å². The summed E-state index contributed by atoms with van der Waals surface area (Å²) in [6, 6.07) is 2.65. The molecule has 0 aliphatic rings. The molecule has 0 fully saturated rings. The molecule has 1 aromatic carbocycles. The van der Waals surface area contributed by atoms with Gasteiger partial charge in [-0.05, 0) is 29.2 Å². The fourth-order valence-corrected chi connectivity index (χ4v) is 2.53. The number of nitrogens with zero attached hydrogens (tertiary/aromatic N) is 5. The second kappa shape index (κ2) is 7.15. The zero-order chi connectivity index (χ0) is 18.7. The van der Waals surface area contributed by atoms with E-state index in [0.29, 0.717) is 11.8 Å². The Bertz CT molecular complexity index is 909. The largest absolute Gasteiger partial charge is 0.419 e. The normalized spacial score (nSPS) is 11.5. The van der Waals surface area contributed by atoms with Crippen molar-refractivity contribution >= 4 is 17.4 Å². The first-order valence-electron chi connectivity index (χ1n) is 7.13. The van der Waals surface area contributed by atoms with Crippen LogP contribution in [0.15, 0.2) is 29.8 Å². The molecule has 0 aliphatic heterocycles. The molecule has 12 heteroatoms. The first kappa shape index (κ1) is 17.9. The van der Waals surface area contributed by atoms with Gasteiger partial charge < -0.3 is 5.32 Å². The van der Waals surface area contributed by atoms with Crippen LogP contribution in [-0.4, -0.2) is 30.5 Å². The third-order valence-corrected chi connectivity index (χ3v) is 3.84. The van der Waals surface area contributed by atoms with Gasteiger partial charge in [0.1, 0.15) is 5.82 Å². The molecule has 1 amide bonds. The highest BCUT2D eigenvalue weighted by atomic mass is 32.1. The maximum Gasteiger partial charge on any atom is 0.419 e. The molecule has 0 radical (unpaired) electrons. The molecule has 7 nitrogen and oxygen atoms in total. The Balaban J connectivity index is 1.67. The number of nitrogens with one attached hydrogen (secondary N) is 1. The molecule has 2 aromatic heterocycles. The van der Waals surface area contributed by atoms with Gasteiger partial charge in [0.15, 0.2) is 5.69 Å². The number of aromatic nitrogens is 5. The standard InChI is InChI=1S/C14H10F4N6OS/c15-11-2-1-8(3-10(11)14(16,17)18)5-24-6-12(21-22-24)13(25)19-4-9-7-26-23-20-9/h1-3,6-7H,4-5H2,(H,19,25). The van der Waals surface area contributed by atoms with Gasteiger partial charge in [0.05, 0.1) is 30.5 Å². The highest BCUT2D eigenvalue weighted by molar-refractivity contribution is 7.03. The highest BCUT2D eigenvalue weighted by Gasteiger charge is 2.34. The zero-order valence-electron chi connectivity index (χ0n) is 12.9. The second-order valence-electron chi connectivity index (χ2n) is 5.19. The molecule has 0 bridgehead atoms. The number of hydrogen-bond donors (Lipinski definition) is 1. The summed E-state index contributed by atoms with van der Waals surface area (Å²) >= 11 is 1.14. The molecule has 0 saturated heterocycles. The maximum atomic E-state index is 13.3. The second-order valence-corrected chi connectivity index (χ2v) is 5.80. The van der Waals surface area contributed by atoms with Crippen molar-refractivity contribution in [1.29, 1.82) is 0 Å². The van der Waals surface area contributed by atoms with Crippen molar-refractivity contribution in [2.45, 2.75) is 19.3 Å². The number of carbonyl (C=O) groups is 1. The van der Waals surface area contributed by atoms with Crippen molar-refractivity contribution in [2.75, 3.05) is 0 Å². The summed E-state index contributed by atoms with van der Waals surface area (Å²) in [4.78, 5) is 12.0. The predicted octanol–water partition coefficient (Wildman–Crippen LogP) is 2.27. The van der Waals surface area contributed by atoms with Crippen molar-refractivity contribution in [1.82, 2.24) is 29.9 Å². The van der Waals surface area contributed by atoms with Gasteiger partial charge in [-0.1, -0.05) is 15.8 Å². The minimum Gasteiger partial charge on any atom is -0.345 e. The third-order valence-electron chi connectivity index (χ3n) is 3.29. The van der Waals surface area contributed by atoms with E-state index >= 15 is 0 Å². The molecule has 3 rings (SSSR count). The lowest BCUT2D eigenvalue weighted by Crippen LogP contribution is -2.23. The molecule has 0 aliphatic carbocycles. The predicted molar refractivity (Wildman–Crippen MR) is 81.6 cm³/mol. The van der Waals surface area contributed by atoms with Crippen LogP contribution in [0.5, 0.6) is 0 Å². The summed E-state index contributed by atoms with van der Waals surface area (Å²) in [6.45, 7) is 0.0642. The number of carbonyl (C=O) groups excluding carboxylic acids is 1. The van der Waals surface area contributed by atoms with Gasteiger partial charge in [-0.2, -0.15) is 13.2 Å². The van der Waals surface area contributed by atoms with Crippen LogP contribution in [0.4, 0.5) is 17.6 Å². The number of hydrogen-bond acceptors (Lipinski definition) is 6. The Hall–Kier alpha value is -2.89. The number of benzene rings is 1. The monoisotopic (exact) mass is 386 g/mol. The van der Waals surface area contributed by atoms with Gasteiger partial charge in [-0.15, -0.1) is 10.2 Å². The Labute approximate surface area is 147 Å². The molecule has 0 unspecified atom stereocenters. The lowest BCUT2D eigenvalue weighted by atomic mass is 10.1. The lowest BCUT2D eigenvalue weighted by molar-refractivity contribution is -0.140. The van der Waals surface area contributed by atoms with Crippen LogP contribution < -0.4 is 5.32 Å². The van der Waals surface area contributed by atoms with E-state index in [-0.39, 0.29) is 24.3 Å². The molecular weight excluding hydrogens is 376 g/mol. The smallest absolute Gasteiger partial charge is 0.345 e. The van der Waals surface area contributed by atoms with Gasteiger partial charge in [-0.25, -0.2) is 9.07 Å². The summed E-state index contributed by atoms with van der Waals surface area (Å²) in [6.07, 6.45) is -3.51. The van der Waals surface area contributed by atoms with E-state index in [1.807, 2.05) is 0 Å². The molecule has 3 aromatic rings. The van der Waals surface area contributed by atoms with Crippen LogP contribution in [0.2, 0.25) is 0 Å². The van der Waals surface area contributed by atoms with Crippen LogP contribution in [0, 0.1) is 5.82 Å². The van der Waals surface area contributed by atoms with Crippen LogP contribution in [0.25, 0.3) is 0 Å². The number of amides is 1. The summed E-state index contributed by atoms with van der Waals surface area (Å²) in [7, 11) is 0. The first-order chi connectivity index (χ1) is 12.3. The van der Waals surface area contributed by atoms with E-state index in [2.05, 4.69) is 25.2 Å². The van der Waals surface area contributed by atoms with E-state index in [9.17, 15) is 22.4 Å². The van der Waals surface area contributed by atoms with Crippen LogP contribution >= 0.6 is 11.5 Å². The van der Waals surface area contributed by atoms with Gasteiger partial charge in [0.2, 0.25) is 0 Å². The van der Waals surface area contributed by atoms with Crippen LogP contribution in [0.3, 0.4) is 0 Å². The van der Waals surface area contributed by atoms with E-state index in [1.54, 1.807) is 5.38 Å². The van der Waals surface area contributed by atoms with Crippen LogP contribution in [0.1, 0.15) is 27.3 Å². The molecule has 136 valence electrons. The highest BCUT2D eigenvalue weighted by Crippen LogP contribution is 2.32. The molecule has 0 saturated carbocycles. The maximum absolute atomic E-state index is 13.3. The van der Waals surface area contributed by atoms with E-state index in [0.717, 1.165) is 17.6 Å². The fraction of sp³-hybridized carbons (Fsp3) is 0.214. The summed E-state index contributed by atoms with van der Waals surface area (Å²) in [5.41, 5.74) is -0.609. The molecule has 0 atom stereocenters.